The van der Waals surface area contributed by atoms with E-state index in [9.17, 15) is 14.4 Å². The van der Waals surface area contributed by atoms with Crippen molar-refractivity contribution < 1.29 is 14.4 Å². The van der Waals surface area contributed by atoms with Gasteiger partial charge in [-0.2, -0.15) is 0 Å². The van der Waals surface area contributed by atoms with Gasteiger partial charge in [-0.05, 0) is 24.3 Å². The molecule has 124 valence electrons. The molecule has 0 spiro atoms. The van der Waals surface area contributed by atoms with Crippen LogP contribution in [-0.4, -0.2) is 34.2 Å². The average Bonchev–Trinajstić information content (AvgIpc) is 2.61. The number of hydrogen-bond acceptors (Lipinski definition) is 5. The molecule has 8 nitrogen and oxygen atoms in total. The molecular weight excluding hydrogens is 378 g/mol. The Kier molecular flexibility index (Phi) is 6.38. The van der Waals surface area contributed by atoms with E-state index in [0.717, 1.165) is 4.47 Å². The van der Waals surface area contributed by atoms with E-state index in [1.807, 2.05) is 0 Å². The van der Waals surface area contributed by atoms with E-state index >= 15 is 0 Å². The van der Waals surface area contributed by atoms with Gasteiger partial charge in [0, 0.05) is 35.4 Å². The highest BCUT2D eigenvalue weighted by molar-refractivity contribution is 9.10. The number of hydrazine groups is 1. The van der Waals surface area contributed by atoms with E-state index < -0.39 is 11.8 Å². The molecule has 0 radical (unpaired) electrons. The largest absolute Gasteiger partial charge is 0.352 e. The Bertz CT molecular complexity index is 722. The molecule has 24 heavy (non-hydrogen) atoms. The van der Waals surface area contributed by atoms with Gasteiger partial charge in [0.1, 0.15) is 5.69 Å². The Balaban J connectivity index is 1.69. The summed E-state index contributed by atoms with van der Waals surface area (Å²) in [5.74, 6) is -1.29. The van der Waals surface area contributed by atoms with Gasteiger partial charge in [-0.1, -0.05) is 15.9 Å². The van der Waals surface area contributed by atoms with E-state index in [2.05, 4.69) is 42.1 Å². The van der Waals surface area contributed by atoms with Gasteiger partial charge in [0.05, 0.1) is 6.20 Å². The second-order valence-electron chi connectivity index (χ2n) is 4.61. The standard InChI is InChI=1S/C15H14BrN5O3/c16-11-3-1-10(2-4-11)14(23)19-6-5-13(22)20-21-15(24)12-9-17-7-8-18-12/h1-4,7-9H,5-6H2,(H,19,23)(H,20,22)(H,21,24). The monoisotopic (exact) mass is 391 g/mol. The number of benzene rings is 1. The van der Waals surface area contributed by atoms with Crippen molar-refractivity contribution in [3.8, 4) is 0 Å². The summed E-state index contributed by atoms with van der Waals surface area (Å²) in [5, 5.41) is 2.62. The highest BCUT2D eigenvalue weighted by Gasteiger charge is 2.09. The Morgan fingerprint density at radius 3 is 2.42 bits per heavy atom. The first-order valence-electron chi connectivity index (χ1n) is 6.95. The van der Waals surface area contributed by atoms with Gasteiger partial charge >= 0.3 is 0 Å². The van der Waals surface area contributed by atoms with Crippen LogP contribution >= 0.6 is 15.9 Å². The van der Waals surface area contributed by atoms with Gasteiger partial charge < -0.3 is 5.32 Å². The van der Waals surface area contributed by atoms with Crippen molar-refractivity contribution in [2.75, 3.05) is 6.54 Å². The molecule has 1 heterocycles. The Hall–Kier alpha value is -2.81. The molecule has 0 saturated carbocycles. The van der Waals surface area contributed by atoms with Crippen molar-refractivity contribution in [2.45, 2.75) is 6.42 Å². The summed E-state index contributed by atoms with van der Waals surface area (Å²) in [6.07, 6.45) is 4.10. The van der Waals surface area contributed by atoms with E-state index in [-0.39, 0.29) is 24.6 Å². The van der Waals surface area contributed by atoms with Crippen molar-refractivity contribution in [3.05, 3.63) is 58.6 Å². The zero-order chi connectivity index (χ0) is 17.4. The minimum atomic E-state index is -0.574. The van der Waals surface area contributed by atoms with Gasteiger partial charge in [-0.25, -0.2) is 4.98 Å². The summed E-state index contributed by atoms with van der Waals surface area (Å²) >= 11 is 3.28. The zero-order valence-electron chi connectivity index (χ0n) is 12.5. The van der Waals surface area contributed by atoms with Crippen molar-refractivity contribution in [1.29, 1.82) is 0 Å². The van der Waals surface area contributed by atoms with E-state index in [0.29, 0.717) is 5.56 Å². The predicted octanol–water partition coefficient (Wildman–Crippen LogP) is 0.820. The molecule has 2 aromatic rings. The lowest BCUT2D eigenvalue weighted by Crippen LogP contribution is -2.43. The van der Waals surface area contributed by atoms with Crippen LogP contribution in [-0.2, 0) is 4.79 Å². The summed E-state index contributed by atoms with van der Waals surface area (Å²) in [4.78, 5) is 42.7. The number of aromatic nitrogens is 2. The molecule has 3 amide bonds. The number of carbonyl (C=O) groups excluding carboxylic acids is 3. The van der Waals surface area contributed by atoms with Gasteiger partial charge in [0.15, 0.2) is 0 Å². The predicted molar refractivity (Wildman–Crippen MR) is 88.7 cm³/mol. The number of carbonyl (C=O) groups is 3. The quantitative estimate of drug-likeness (QED) is 0.653. The van der Waals surface area contributed by atoms with Gasteiger partial charge in [0.2, 0.25) is 5.91 Å². The van der Waals surface area contributed by atoms with Gasteiger partial charge in [-0.3, -0.25) is 30.2 Å². The third kappa shape index (κ3) is 5.43. The van der Waals surface area contributed by atoms with Gasteiger partial charge in [0.25, 0.3) is 11.8 Å². The highest BCUT2D eigenvalue weighted by Crippen LogP contribution is 2.10. The second kappa shape index (κ2) is 8.73. The van der Waals surface area contributed by atoms with E-state index in [1.54, 1.807) is 24.3 Å². The molecule has 0 aliphatic carbocycles. The molecule has 0 saturated heterocycles. The normalized spacial score (nSPS) is 9.88. The molecule has 2 rings (SSSR count). The number of hydrogen-bond donors (Lipinski definition) is 3. The Morgan fingerprint density at radius 2 is 1.75 bits per heavy atom. The number of nitrogens with zero attached hydrogens (tertiary/aromatic N) is 2. The van der Waals surface area contributed by atoms with Crippen LogP contribution in [0.1, 0.15) is 27.3 Å². The first-order chi connectivity index (χ1) is 11.6. The summed E-state index contributed by atoms with van der Waals surface area (Å²) in [5.41, 5.74) is 5.03. The molecule has 0 aliphatic rings. The molecule has 9 heteroatoms. The number of rotatable bonds is 5. The van der Waals surface area contributed by atoms with Gasteiger partial charge in [-0.15, -0.1) is 0 Å². The van der Waals surface area contributed by atoms with Crippen LogP contribution in [0.5, 0.6) is 0 Å². The summed E-state index contributed by atoms with van der Waals surface area (Å²) in [6.45, 7) is 0.141. The van der Waals surface area contributed by atoms with Crippen LogP contribution in [0.25, 0.3) is 0 Å². The third-order valence-corrected chi connectivity index (χ3v) is 3.38. The lowest BCUT2D eigenvalue weighted by Gasteiger charge is -2.08. The first kappa shape index (κ1) is 17.5. The molecule has 0 bridgehead atoms. The second-order valence-corrected chi connectivity index (χ2v) is 5.52. The van der Waals surface area contributed by atoms with E-state index in [4.69, 9.17) is 0 Å². The maximum absolute atomic E-state index is 11.8. The lowest BCUT2D eigenvalue weighted by atomic mass is 10.2. The SMILES string of the molecule is O=C(CCNC(=O)c1ccc(Br)cc1)NNC(=O)c1cnccn1. The molecule has 1 aromatic heterocycles. The number of halogens is 1. The summed E-state index contributed by atoms with van der Waals surface area (Å²) in [7, 11) is 0. The van der Waals surface area contributed by atoms with Crippen LogP contribution in [0.2, 0.25) is 0 Å². The summed E-state index contributed by atoms with van der Waals surface area (Å²) < 4.78 is 0.872. The summed E-state index contributed by atoms with van der Waals surface area (Å²) in [6, 6.07) is 6.84. The molecule has 0 aliphatic heterocycles. The maximum Gasteiger partial charge on any atom is 0.289 e. The molecule has 1 aromatic carbocycles. The molecule has 3 N–H and O–H groups in total. The van der Waals surface area contributed by atoms with E-state index in [1.165, 1.54) is 18.6 Å². The van der Waals surface area contributed by atoms with Crippen molar-refractivity contribution in [2.24, 2.45) is 0 Å². The van der Waals surface area contributed by atoms with Crippen LogP contribution in [0, 0.1) is 0 Å². The first-order valence-corrected chi connectivity index (χ1v) is 7.74. The minimum absolute atomic E-state index is 0.0169. The Labute approximate surface area is 146 Å². The molecule has 0 unspecified atom stereocenters. The Morgan fingerprint density at radius 1 is 1.00 bits per heavy atom. The fourth-order valence-electron chi connectivity index (χ4n) is 1.66. The van der Waals surface area contributed by atoms with Crippen LogP contribution < -0.4 is 16.2 Å². The smallest absolute Gasteiger partial charge is 0.289 e. The highest BCUT2D eigenvalue weighted by atomic mass is 79.9. The van der Waals surface area contributed by atoms with Crippen molar-refractivity contribution in [1.82, 2.24) is 26.1 Å². The van der Waals surface area contributed by atoms with Crippen LogP contribution in [0.4, 0.5) is 0 Å². The topological polar surface area (TPSA) is 113 Å². The average molecular weight is 392 g/mol. The van der Waals surface area contributed by atoms with Crippen LogP contribution in [0.15, 0.2) is 47.3 Å². The minimum Gasteiger partial charge on any atom is -0.352 e. The fourth-order valence-corrected chi connectivity index (χ4v) is 1.93. The molecule has 0 fully saturated rings. The zero-order valence-corrected chi connectivity index (χ0v) is 14.0. The third-order valence-electron chi connectivity index (χ3n) is 2.86. The number of amides is 3. The fraction of sp³-hybridized carbons (Fsp3) is 0.133. The molecular formula is C15H14BrN5O3. The van der Waals surface area contributed by atoms with Crippen molar-refractivity contribution >= 4 is 33.7 Å². The van der Waals surface area contributed by atoms with Crippen LogP contribution in [0.3, 0.4) is 0 Å². The van der Waals surface area contributed by atoms with Crippen molar-refractivity contribution in [3.63, 3.8) is 0 Å². The molecule has 0 atom stereocenters. The maximum atomic E-state index is 11.8. The number of nitrogens with one attached hydrogen (secondary N) is 3. The lowest BCUT2D eigenvalue weighted by molar-refractivity contribution is -0.121.